The van der Waals surface area contributed by atoms with Crippen molar-refractivity contribution in [3.05, 3.63) is 34.9 Å². The van der Waals surface area contributed by atoms with Crippen molar-refractivity contribution < 1.29 is 19.4 Å². The number of nitrogen functional groups attached to an aromatic ring is 1. The fourth-order valence-electron chi connectivity index (χ4n) is 2.77. The maximum Gasteiger partial charge on any atom is 0.351 e. The second-order valence-electron chi connectivity index (χ2n) is 6.87. The molecular formula is C17H27ClN8O5. The average molecular weight is 459 g/mol. The quantitative estimate of drug-likeness (QED) is 0.146. The van der Waals surface area contributed by atoms with Gasteiger partial charge in [0.2, 0.25) is 5.91 Å². The molecule has 4 atom stereocenters. The molecule has 2 rings (SSSR count). The van der Waals surface area contributed by atoms with Gasteiger partial charge in [-0.3, -0.25) is 14.8 Å². The summed E-state index contributed by atoms with van der Waals surface area (Å²) in [6.07, 6.45) is 2.17. The molecule has 1 unspecified atom stereocenters. The van der Waals surface area contributed by atoms with Crippen molar-refractivity contribution in [1.29, 1.82) is 5.41 Å². The standard InChI is InChI=1S/C17H26N8O5.ClH/c1-24(16(20)21)6-4-9(18)8-12(26)22-10-2-3-13(30-14(10)15(27)28)25-7-5-11(19)23-17(25)29;/h2-3,5,7,9-10,13-14H,4,6,8,18H2,1H3,(H3,20,21)(H,22,26)(H,27,28)(H2,19,23,29);1H/t9-,10+,13-,14?;/m1./s1. The van der Waals surface area contributed by atoms with E-state index in [0.717, 1.165) is 4.57 Å². The molecule has 2 heterocycles. The van der Waals surface area contributed by atoms with Crippen LogP contribution in [0.3, 0.4) is 0 Å². The third-order valence-corrected chi connectivity index (χ3v) is 4.49. The van der Waals surface area contributed by atoms with E-state index < -0.39 is 42.0 Å². The van der Waals surface area contributed by atoms with E-state index in [-0.39, 0.29) is 30.6 Å². The Morgan fingerprint density at radius 1 is 1.45 bits per heavy atom. The fraction of sp³-hybridized carbons (Fsp3) is 0.471. The second-order valence-corrected chi connectivity index (χ2v) is 6.87. The Hall–Kier alpha value is -3.16. The monoisotopic (exact) mass is 458 g/mol. The summed E-state index contributed by atoms with van der Waals surface area (Å²) in [7, 11) is 1.63. The molecule has 0 saturated carbocycles. The minimum Gasteiger partial charge on any atom is -0.479 e. The molecule has 0 saturated heterocycles. The lowest BCUT2D eigenvalue weighted by Gasteiger charge is -2.31. The van der Waals surface area contributed by atoms with Gasteiger partial charge in [-0.15, -0.1) is 12.4 Å². The summed E-state index contributed by atoms with van der Waals surface area (Å²) in [5, 5.41) is 19.4. The van der Waals surface area contributed by atoms with E-state index in [2.05, 4.69) is 10.3 Å². The van der Waals surface area contributed by atoms with Crippen molar-refractivity contribution in [3.63, 3.8) is 0 Å². The van der Waals surface area contributed by atoms with E-state index in [1.165, 1.54) is 29.3 Å². The number of rotatable bonds is 8. The first-order valence-electron chi connectivity index (χ1n) is 9.10. The molecule has 9 N–H and O–H groups in total. The largest absolute Gasteiger partial charge is 0.479 e. The number of carboxylic acid groups (broad SMARTS) is 1. The molecule has 0 fully saturated rings. The lowest BCUT2D eigenvalue weighted by atomic mass is 10.1. The molecule has 0 aromatic carbocycles. The second kappa shape index (κ2) is 11.3. The molecule has 0 aliphatic carbocycles. The molecule has 172 valence electrons. The highest BCUT2D eigenvalue weighted by atomic mass is 35.5. The third kappa shape index (κ3) is 7.24. The highest BCUT2D eigenvalue weighted by Crippen LogP contribution is 2.20. The SMILES string of the molecule is CN(CC[C@@H](N)CC(=O)N[C@H]1C=C[C@H](n2ccc(N)nc2=O)OC1C(=O)O)C(=N)N.Cl. The zero-order valence-corrected chi connectivity index (χ0v) is 17.6. The number of nitrogens with zero attached hydrogens (tertiary/aromatic N) is 3. The van der Waals surface area contributed by atoms with E-state index in [1.54, 1.807) is 7.05 Å². The van der Waals surface area contributed by atoms with Gasteiger partial charge < -0.3 is 37.3 Å². The van der Waals surface area contributed by atoms with Crippen LogP contribution in [-0.4, -0.2) is 69.2 Å². The number of hydrogen-bond donors (Lipinski definition) is 6. The zero-order valence-electron chi connectivity index (χ0n) is 16.8. The first-order chi connectivity index (χ1) is 14.1. The van der Waals surface area contributed by atoms with E-state index >= 15 is 0 Å². The number of carboxylic acids is 1. The van der Waals surface area contributed by atoms with Crippen molar-refractivity contribution in [2.75, 3.05) is 19.3 Å². The molecule has 1 aromatic rings. The van der Waals surface area contributed by atoms with Crippen LogP contribution in [0.2, 0.25) is 0 Å². The minimum absolute atomic E-state index is 0. The Balaban J connectivity index is 0.00000480. The number of halogens is 1. The topological polar surface area (TPSA) is 216 Å². The Morgan fingerprint density at radius 2 is 2.13 bits per heavy atom. The Kier molecular flexibility index (Phi) is 9.42. The summed E-state index contributed by atoms with van der Waals surface area (Å²) in [5.41, 5.74) is 16.0. The van der Waals surface area contributed by atoms with Gasteiger partial charge in [-0.25, -0.2) is 9.59 Å². The molecule has 1 aromatic heterocycles. The van der Waals surface area contributed by atoms with E-state index in [4.69, 9.17) is 27.3 Å². The van der Waals surface area contributed by atoms with Gasteiger partial charge in [0, 0.05) is 32.3 Å². The number of nitrogens with one attached hydrogen (secondary N) is 2. The van der Waals surface area contributed by atoms with Gasteiger partial charge in [0.05, 0.1) is 6.04 Å². The number of guanidine groups is 1. The summed E-state index contributed by atoms with van der Waals surface area (Å²) in [6, 6.07) is -0.0702. The van der Waals surface area contributed by atoms with Crippen LogP contribution >= 0.6 is 12.4 Å². The number of nitrogens with two attached hydrogens (primary N) is 3. The van der Waals surface area contributed by atoms with Crippen molar-refractivity contribution in [2.24, 2.45) is 11.5 Å². The summed E-state index contributed by atoms with van der Waals surface area (Å²) >= 11 is 0. The Labute approximate surface area is 184 Å². The number of anilines is 1. The number of aromatic nitrogens is 2. The molecular weight excluding hydrogens is 432 g/mol. The molecule has 31 heavy (non-hydrogen) atoms. The molecule has 1 amide bonds. The predicted molar refractivity (Wildman–Crippen MR) is 115 cm³/mol. The summed E-state index contributed by atoms with van der Waals surface area (Å²) in [6.45, 7) is 0.403. The zero-order chi connectivity index (χ0) is 22.4. The van der Waals surface area contributed by atoms with Gasteiger partial charge in [0.15, 0.2) is 18.3 Å². The van der Waals surface area contributed by atoms with Crippen LogP contribution in [0, 0.1) is 5.41 Å². The van der Waals surface area contributed by atoms with Crippen LogP contribution in [-0.2, 0) is 14.3 Å². The number of carbonyl (C=O) groups is 2. The van der Waals surface area contributed by atoms with Crippen molar-refractivity contribution in [3.8, 4) is 0 Å². The number of ether oxygens (including phenoxy) is 1. The van der Waals surface area contributed by atoms with Gasteiger partial charge in [-0.05, 0) is 18.6 Å². The highest BCUT2D eigenvalue weighted by Gasteiger charge is 2.35. The normalized spacial score (nSPS) is 20.9. The number of hydrogen-bond acceptors (Lipinski definition) is 8. The van der Waals surface area contributed by atoms with Gasteiger partial charge in [-0.2, -0.15) is 4.98 Å². The van der Waals surface area contributed by atoms with Crippen LogP contribution in [0.15, 0.2) is 29.2 Å². The molecule has 0 spiro atoms. The van der Waals surface area contributed by atoms with Crippen LogP contribution in [0.4, 0.5) is 5.82 Å². The van der Waals surface area contributed by atoms with Crippen LogP contribution in [0.1, 0.15) is 19.1 Å². The lowest BCUT2D eigenvalue weighted by molar-refractivity contribution is -0.159. The van der Waals surface area contributed by atoms with Gasteiger partial charge in [0.1, 0.15) is 5.82 Å². The average Bonchev–Trinajstić information content (AvgIpc) is 2.66. The fourth-order valence-corrected chi connectivity index (χ4v) is 2.77. The highest BCUT2D eigenvalue weighted by molar-refractivity contribution is 5.85. The molecule has 0 radical (unpaired) electrons. The summed E-state index contributed by atoms with van der Waals surface area (Å²) in [5.74, 6) is -1.84. The molecule has 1 aliphatic rings. The first-order valence-corrected chi connectivity index (χ1v) is 9.10. The van der Waals surface area contributed by atoms with Crippen LogP contribution < -0.4 is 28.2 Å². The number of aliphatic carboxylic acids is 1. The van der Waals surface area contributed by atoms with Crippen LogP contribution in [0.5, 0.6) is 0 Å². The van der Waals surface area contributed by atoms with Gasteiger partial charge in [0.25, 0.3) is 0 Å². The smallest absolute Gasteiger partial charge is 0.351 e. The number of carbonyl (C=O) groups excluding carboxylic acids is 1. The van der Waals surface area contributed by atoms with Crippen molar-refractivity contribution >= 4 is 36.1 Å². The van der Waals surface area contributed by atoms with Gasteiger partial charge in [-0.1, -0.05) is 6.08 Å². The molecule has 13 nitrogen and oxygen atoms in total. The van der Waals surface area contributed by atoms with Gasteiger partial charge >= 0.3 is 11.7 Å². The van der Waals surface area contributed by atoms with Crippen molar-refractivity contribution in [2.45, 2.75) is 37.3 Å². The molecule has 0 bridgehead atoms. The van der Waals surface area contributed by atoms with E-state index in [0.29, 0.717) is 13.0 Å². The minimum atomic E-state index is -1.42. The predicted octanol–water partition coefficient (Wildman–Crippen LogP) is -1.80. The summed E-state index contributed by atoms with van der Waals surface area (Å²) in [4.78, 5) is 40.9. The van der Waals surface area contributed by atoms with Crippen LogP contribution in [0.25, 0.3) is 0 Å². The maximum atomic E-state index is 12.3. The first kappa shape index (κ1) is 25.9. The maximum absolute atomic E-state index is 12.3. The van der Waals surface area contributed by atoms with Crippen molar-refractivity contribution in [1.82, 2.24) is 19.8 Å². The Morgan fingerprint density at radius 3 is 2.71 bits per heavy atom. The third-order valence-electron chi connectivity index (χ3n) is 4.49. The molecule has 14 heteroatoms. The number of amides is 1. The molecule has 1 aliphatic heterocycles. The summed E-state index contributed by atoms with van der Waals surface area (Å²) < 4.78 is 6.57. The van der Waals surface area contributed by atoms with E-state index in [9.17, 15) is 19.5 Å². The Bertz CT molecular complexity index is 892. The van der Waals surface area contributed by atoms with E-state index in [1.807, 2.05) is 0 Å². The lowest BCUT2D eigenvalue weighted by Crippen LogP contribution is -2.51.